The van der Waals surface area contributed by atoms with Gasteiger partial charge >= 0.3 is 6.09 Å². The van der Waals surface area contributed by atoms with E-state index in [1.807, 2.05) is 13.8 Å². The molecule has 0 aromatic heterocycles. The molecular formula is C7H15NO4S. The molecule has 0 saturated carbocycles. The minimum absolute atomic E-state index is 0.135. The molecule has 1 N–H and O–H groups in total. The van der Waals surface area contributed by atoms with E-state index in [1.54, 1.807) is 4.72 Å². The molecule has 0 heterocycles. The monoisotopic (exact) mass is 209 g/mol. The Morgan fingerprint density at radius 1 is 1.46 bits per heavy atom. The molecule has 0 atom stereocenters. The maximum atomic E-state index is 10.8. The second-order valence-electron chi connectivity index (χ2n) is 3.00. The van der Waals surface area contributed by atoms with Gasteiger partial charge in [0.25, 0.3) is 0 Å². The highest BCUT2D eigenvalue weighted by Crippen LogP contribution is 1.93. The summed E-state index contributed by atoms with van der Waals surface area (Å²) < 4.78 is 28.1. The van der Waals surface area contributed by atoms with Crippen molar-refractivity contribution in [3.05, 3.63) is 0 Å². The molecule has 0 unspecified atom stereocenters. The normalized spacial score (nSPS) is 11.4. The fraction of sp³-hybridized carbons (Fsp3) is 0.857. The molecule has 0 radical (unpaired) electrons. The lowest BCUT2D eigenvalue weighted by Crippen LogP contribution is -2.32. The summed E-state index contributed by atoms with van der Waals surface area (Å²) in [4.78, 5) is 10.8. The summed E-state index contributed by atoms with van der Waals surface area (Å²) in [7, 11) is -3.49. The number of hydrogen-bond donors (Lipinski definition) is 1. The summed E-state index contributed by atoms with van der Waals surface area (Å²) >= 11 is 0. The number of ether oxygens (including phenoxy) is 1. The van der Waals surface area contributed by atoms with Crippen LogP contribution in [0.2, 0.25) is 0 Å². The Bertz CT molecular complexity index is 258. The smallest absolute Gasteiger partial charge is 0.420 e. The van der Waals surface area contributed by atoms with Gasteiger partial charge in [-0.2, -0.15) is 0 Å². The Kier molecular flexibility index (Phi) is 4.76. The van der Waals surface area contributed by atoms with Crippen molar-refractivity contribution in [1.82, 2.24) is 4.72 Å². The molecule has 5 nitrogen and oxygen atoms in total. The Balaban J connectivity index is 3.89. The van der Waals surface area contributed by atoms with E-state index in [1.165, 1.54) is 6.92 Å². The van der Waals surface area contributed by atoms with Crippen LogP contribution < -0.4 is 4.72 Å². The molecule has 0 aromatic rings. The van der Waals surface area contributed by atoms with Crippen molar-refractivity contribution in [2.75, 3.05) is 12.4 Å². The van der Waals surface area contributed by atoms with Crippen LogP contribution in [0.1, 0.15) is 20.8 Å². The fourth-order valence-electron chi connectivity index (χ4n) is 0.471. The number of hydrogen-bond acceptors (Lipinski definition) is 4. The van der Waals surface area contributed by atoms with Gasteiger partial charge in [-0.1, -0.05) is 13.8 Å². The highest BCUT2D eigenvalue weighted by Gasteiger charge is 2.12. The van der Waals surface area contributed by atoms with Crippen LogP contribution >= 0.6 is 0 Å². The van der Waals surface area contributed by atoms with Crippen molar-refractivity contribution in [3.63, 3.8) is 0 Å². The lowest BCUT2D eigenvalue weighted by molar-refractivity contribution is 0.139. The van der Waals surface area contributed by atoms with Gasteiger partial charge in [0.15, 0.2) is 0 Å². The molecule has 78 valence electrons. The summed E-state index contributed by atoms with van der Waals surface area (Å²) in [6.45, 7) is 5.38. The SMILES string of the molecule is CCS(=O)(=O)NC(=O)OCC(C)C. The lowest BCUT2D eigenvalue weighted by Gasteiger charge is -2.07. The van der Waals surface area contributed by atoms with E-state index >= 15 is 0 Å². The van der Waals surface area contributed by atoms with Gasteiger partial charge in [-0.3, -0.25) is 0 Å². The second-order valence-corrected chi connectivity index (χ2v) is 5.01. The third-order valence-electron chi connectivity index (χ3n) is 1.17. The number of rotatable bonds is 4. The predicted molar refractivity (Wildman–Crippen MR) is 48.8 cm³/mol. The van der Waals surface area contributed by atoms with Crippen LogP contribution in [0.25, 0.3) is 0 Å². The minimum Gasteiger partial charge on any atom is -0.449 e. The molecule has 0 rings (SSSR count). The zero-order valence-corrected chi connectivity index (χ0v) is 8.85. The Morgan fingerprint density at radius 2 is 2.00 bits per heavy atom. The first-order chi connectivity index (χ1) is 5.87. The summed E-state index contributed by atoms with van der Waals surface area (Å²) in [5, 5.41) is 0. The van der Waals surface area contributed by atoms with Crippen LogP contribution in [0, 0.1) is 5.92 Å². The molecule has 1 amide bonds. The van der Waals surface area contributed by atoms with Gasteiger partial charge in [-0.25, -0.2) is 17.9 Å². The van der Waals surface area contributed by atoms with Gasteiger partial charge in [0.05, 0.1) is 12.4 Å². The van der Waals surface area contributed by atoms with Crippen molar-refractivity contribution < 1.29 is 17.9 Å². The van der Waals surface area contributed by atoms with E-state index in [-0.39, 0.29) is 18.3 Å². The Morgan fingerprint density at radius 3 is 2.38 bits per heavy atom. The number of nitrogens with one attached hydrogen (secondary N) is 1. The van der Waals surface area contributed by atoms with Gasteiger partial charge in [-0.15, -0.1) is 0 Å². The standard InChI is InChI=1S/C7H15NO4S/c1-4-13(10,11)8-7(9)12-5-6(2)3/h6H,4-5H2,1-3H3,(H,8,9). The summed E-state index contributed by atoms with van der Waals surface area (Å²) in [6.07, 6.45) is -0.907. The van der Waals surface area contributed by atoms with Crippen molar-refractivity contribution in [1.29, 1.82) is 0 Å². The minimum atomic E-state index is -3.49. The van der Waals surface area contributed by atoms with E-state index in [4.69, 9.17) is 0 Å². The molecule has 13 heavy (non-hydrogen) atoms. The Hall–Kier alpha value is -0.780. The molecule has 6 heteroatoms. The molecule has 0 saturated heterocycles. The van der Waals surface area contributed by atoms with Crippen molar-refractivity contribution in [2.45, 2.75) is 20.8 Å². The van der Waals surface area contributed by atoms with Gasteiger partial charge in [0.1, 0.15) is 0 Å². The van der Waals surface area contributed by atoms with E-state index in [0.29, 0.717) is 0 Å². The van der Waals surface area contributed by atoms with Crippen LogP contribution in [-0.2, 0) is 14.8 Å². The number of carbonyl (C=O) groups excluding carboxylic acids is 1. The van der Waals surface area contributed by atoms with Crippen LogP contribution in [0.3, 0.4) is 0 Å². The quantitative estimate of drug-likeness (QED) is 0.740. The molecule has 0 aromatic carbocycles. The molecule has 0 fully saturated rings. The zero-order valence-electron chi connectivity index (χ0n) is 8.03. The first-order valence-electron chi connectivity index (χ1n) is 4.04. The van der Waals surface area contributed by atoms with Crippen LogP contribution in [0.5, 0.6) is 0 Å². The largest absolute Gasteiger partial charge is 0.449 e. The first kappa shape index (κ1) is 12.2. The Labute approximate surface area is 78.5 Å². The average Bonchev–Trinajstić information content (AvgIpc) is 2.00. The summed E-state index contributed by atoms with van der Waals surface area (Å²) in [6, 6.07) is 0. The molecule has 0 aliphatic rings. The first-order valence-corrected chi connectivity index (χ1v) is 5.70. The van der Waals surface area contributed by atoms with Crippen LogP contribution in [-0.4, -0.2) is 26.9 Å². The predicted octanol–water partition coefficient (Wildman–Crippen LogP) is 0.718. The number of amides is 1. The van der Waals surface area contributed by atoms with Crippen molar-refractivity contribution >= 4 is 16.1 Å². The van der Waals surface area contributed by atoms with Crippen LogP contribution in [0.4, 0.5) is 4.79 Å². The third kappa shape index (κ3) is 6.39. The highest BCUT2D eigenvalue weighted by molar-refractivity contribution is 7.89. The summed E-state index contributed by atoms with van der Waals surface area (Å²) in [5.41, 5.74) is 0. The van der Waals surface area contributed by atoms with Crippen molar-refractivity contribution in [2.24, 2.45) is 5.92 Å². The molecule has 0 aliphatic heterocycles. The summed E-state index contributed by atoms with van der Waals surface area (Å²) in [5.74, 6) is 0.0547. The topological polar surface area (TPSA) is 72.5 Å². The molecule has 0 aliphatic carbocycles. The maximum absolute atomic E-state index is 10.8. The highest BCUT2D eigenvalue weighted by atomic mass is 32.2. The van der Waals surface area contributed by atoms with Gasteiger partial charge in [-0.05, 0) is 12.8 Å². The van der Waals surface area contributed by atoms with Crippen LogP contribution in [0.15, 0.2) is 0 Å². The van der Waals surface area contributed by atoms with Gasteiger partial charge in [0, 0.05) is 0 Å². The second kappa shape index (κ2) is 5.06. The maximum Gasteiger partial charge on any atom is 0.420 e. The average molecular weight is 209 g/mol. The van der Waals surface area contributed by atoms with Gasteiger partial charge < -0.3 is 4.74 Å². The number of sulfonamides is 1. The van der Waals surface area contributed by atoms with Crippen molar-refractivity contribution in [3.8, 4) is 0 Å². The fourth-order valence-corrected chi connectivity index (χ4v) is 0.928. The van der Waals surface area contributed by atoms with E-state index in [0.717, 1.165) is 0 Å². The number of carbonyl (C=O) groups is 1. The van der Waals surface area contributed by atoms with E-state index in [2.05, 4.69) is 4.74 Å². The van der Waals surface area contributed by atoms with E-state index < -0.39 is 16.1 Å². The molecular weight excluding hydrogens is 194 g/mol. The zero-order chi connectivity index (χ0) is 10.5. The molecule has 0 spiro atoms. The third-order valence-corrected chi connectivity index (χ3v) is 2.40. The van der Waals surface area contributed by atoms with E-state index in [9.17, 15) is 13.2 Å². The lowest BCUT2D eigenvalue weighted by atomic mass is 10.2. The van der Waals surface area contributed by atoms with Gasteiger partial charge in [0.2, 0.25) is 10.0 Å². The molecule has 0 bridgehead atoms.